The maximum Gasteiger partial charge on any atom is 0.258 e. The van der Waals surface area contributed by atoms with Crippen LogP contribution in [-0.4, -0.2) is 34.0 Å². The lowest BCUT2D eigenvalue weighted by molar-refractivity contribution is 0.0692. The molecule has 3 heterocycles. The molecule has 3 aromatic rings. The third-order valence-corrected chi connectivity index (χ3v) is 6.00. The van der Waals surface area contributed by atoms with Crippen LogP contribution >= 0.6 is 0 Å². The topological polar surface area (TPSA) is 59.2 Å². The van der Waals surface area contributed by atoms with Gasteiger partial charge < -0.3 is 9.42 Å². The number of nitrogens with zero attached hydrogens (tertiary/aromatic N) is 3. The van der Waals surface area contributed by atoms with Gasteiger partial charge in [0.25, 0.3) is 11.6 Å². The Morgan fingerprint density at radius 1 is 1.19 bits per heavy atom. The second kappa shape index (κ2) is 5.78. The number of pyridine rings is 1. The summed E-state index contributed by atoms with van der Waals surface area (Å²) in [5.74, 6) is 0.0434. The molecule has 1 fully saturated rings. The van der Waals surface area contributed by atoms with Crippen molar-refractivity contribution in [1.29, 1.82) is 0 Å². The SMILES string of the molecule is Cc1cc(C(=O)N2CCC3(C=Cc4ccccc43)CC2)c2c(C)noc2n1. The predicted molar refractivity (Wildman–Crippen MR) is 104 cm³/mol. The molecule has 1 aromatic carbocycles. The smallest absolute Gasteiger partial charge is 0.258 e. The van der Waals surface area contributed by atoms with Crippen LogP contribution in [0.25, 0.3) is 17.2 Å². The van der Waals surface area contributed by atoms with Crippen LogP contribution in [-0.2, 0) is 5.41 Å². The van der Waals surface area contributed by atoms with Crippen LogP contribution in [0.3, 0.4) is 0 Å². The van der Waals surface area contributed by atoms with E-state index in [0.717, 1.165) is 37.0 Å². The van der Waals surface area contributed by atoms with Gasteiger partial charge >= 0.3 is 0 Å². The van der Waals surface area contributed by atoms with Crippen molar-refractivity contribution in [2.24, 2.45) is 0 Å². The molecular formula is C22H21N3O2. The first-order valence-electron chi connectivity index (χ1n) is 9.39. The van der Waals surface area contributed by atoms with Crippen LogP contribution in [0.15, 0.2) is 40.9 Å². The Balaban J connectivity index is 1.43. The number of hydrogen-bond acceptors (Lipinski definition) is 4. The van der Waals surface area contributed by atoms with E-state index in [1.807, 2.05) is 24.8 Å². The lowest BCUT2D eigenvalue weighted by Gasteiger charge is -2.39. The fourth-order valence-corrected chi connectivity index (χ4v) is 4.54. The zero-order valence-corrected chi connectivity index (χ0v) is 15.5. The summed E-state index contributed by atoms with van der Waals surface area (Å²) in [5, 5.41) is 4.72. The van der Waals surface area contributed by atoms with Gasteiger partial charge in [-0.1, -0.05) is 41.6 Å². The number of amides is 1. The molecule has 0 atom stereocenters. The molecule has 136 valence electrons. The number of likely N-dealkylation sites (tertiary alicyclic amines) is 1. The average molecular weight is 359 g/mol. The largest absolute Gasteiger partial charge is 0.339 e. The number of carbonyl (C=O) groups is 1. The number of allylic oxidation sites excluding steroid dienone is 1. The summed E-state index contributed by atoms with van der Waals surface area (Å²) < 4.78 is 5.28. The monoisotopic (exact) mass is 359 g/mol. The highest BCUT2D eigenvalue weighted by molar-refractivity contribution is 6.06. The summed E-state index contributed by atoms with van der Waals surface area (Å²) >= 11 is 0. The number of aryl methyl sites for hydroxylation is 2. The minimum atomic E-state index is 0.0434. The van der Waals surface area contributed by atoms with Crippen molar-refractivity contribution in [2.75, 3.05) is 13.1 Å². The summed E-state index contributed by atoms with van der Waals surface area (Å²) in [6.45, 7) is 5.21. The third kappa shape index (κ3) is 2.41. The van der Waals surface area contributed by atoms with E-state index in [-0.39, 0.29) is 11.3 Å². The summed E-state index contributed by atoms with van der Waals surface area (Å²) in [6, 6.07) is 10.4. The van der Waals surface area contributed by atoms with Crippen LogP contribution < -0.4 is 0 Å². The Labute approximate surface area is 157 Å². The summed E-state index contributed by atoms with van der Waals surface area (Å²) in [4.78, 5) is 19.6. The molecule has 1 spiro atoms. The molecule has 0 unspecified atom stereocenters. The number of carbonyl (C=O) groups excluding carboxylic acids is 1. The zero-order chi connectivity index (χ0) is 18.6. The summed E-state index contributed by atoms with van der Waals surface area (Å²) in [6.07, 6.45) is 6.45. The fourth-order valence-electron chi connectivity index (χ4n) is 4.54. The van der Waals surface area contributed by atoms with Crippen LogP contribution in [0, 0.1) is 13.8 Å². The lowest BCUT2D eigenvalue weighted by atomic mass is 9.74. The molecule has 1 saturated heterocycles. The van der Waals surface area contributed by atoms with Crippen LogP contribution in [0.1, 0.15) is 45.7 Å². The van der Waals surface area contributed by atoms with Gasteiger partial charge in [0.2, 0.25) is 0 Å². The van der Waals surface area contributed by atoms with Crippen molar-refractivity contribution in [1.82, 2.24) is 15.0 Å². The molecule has 0 radical (unpaired) electrons. The van der Waals surface area contributed by atoms with Gasteiger partial charge in [0.15, 0.2) is 0 Å². The normalized spacial score (nSPS) is 17.6. The summed E-state index contributed by atoms with van der Waals surface area (Å²) in [7, 11) is 0. The van der Waals surface area contributed by atoms with Crippen LogP contribution in [0.4, 0.5) is 0 Å². The Morgan fingerprint density at radius 2 is 1.96 bits per heavy atom. The highest BCUT2D eigenvalue weighted by atomic mass is 16.5. The van der Waals surface area contributed by atoms with Gasteiger partial charge in [-0.2, -0.15) is 0 Å². The molecular weight excluding hydrogens is 338 g/mol. The van der Waals surface area contributed by atoms with E-state index in [2.05, 4.69) is 46.6 Å². The molecule has 0 bridgehead atoms. The molecule has 0 N–H and O–H groups in total. The van der Waals surface area contributed by atoms with E-state index < -0.39 is 0 Å². The molecule has 0 saturated carbocycles. The van der Waals surface area contributed by atoms with Crippen molar-refractivity contribution in [2.45, 2.75) is 32.1 Å². The molecule has 1 aliphatic heterocycles. The molecule has 27 heavy (non-hydrogen) atoms. The molecule has 5 rings (SSSR count). The van der Waals surface area contributed by atoms with Crippen molar-refractivity contribution >= 4 is 23.1 Å². The maximum absolute atomic E-state index is 13.3. The molecule has 2 aliphatic rings. The number of fused-ring (bicyclic) bond motifs is 3. The van der Waals surface area contributed by atoms with Crippen molar-refractivity contribution in [3.05, 3.63) is 64.5 Å². The second-order valence-electron chi connectivity index (χ2n) is 7.63. The average Bonchev–Trinajstić information content (AvgIpc) is 3.23. The second-order valence-corrected chi connectivity index (χ2v) is 7.63. The first kappa shape index (κ1) is 16.2. The fraction of sp³-hybridized carbons (Fsp3) is 0.318. The Bertz CT molecular complexity index is 1090. The Kier molecular flexibility index (Phi) is 3.47. The highest BCUT2D eigenvalue weighted by Crippen LogP contribution is 2.43. The van der Waals surface area contributed by atoms with Crippen molar-refractivity contribution in [3.63, 3.8) is 0 Å². The molecule has 5 heteroatoms. The standard InChI is InChI=1S/C22H21N3O2/c1-14-13-17(19-15(2)24-27-20(19)23-14)21(26)25-11-9-22(10-12-25)8-7-16-5-3-4-6-18(16)22/h3-8,13H,9-12H2,1-2H3. The number of benzene rings is 1. The van der Waals surface area contributed by atoms with Crippen molar-refractivity contribution in [3.8, 4) is 0 Å². The summed E-state index contributed by atoms with van der Waals surface area (Å²) in [5.41, 5.74) is 5.35. The minimum absolute atomic E-state index is 0.0434. The molecule has 5 nitrogen and oxygen atoms in total. The van der Waals surface area contributed by atoms with Crippen LogP contribution in [0.2, 0.25) is 0 Å². The van der Waals surface area contributed by atoms with E-state index in [0.29, 0.717) is 17.0 Å². The van der Waals surface area contributed by atoms with Gasteiger partial charge in [-0.3, -0.25) is 4.79 Å². The quantitative estimate of drug-likeness (QED) is 0.658. The van der Waals surface area contributed by atoms with Crippen molar-refractivity contribution < 1.29 is 9.32 Å². The number of piperidine rings is 1. The van der Waals surface area contributed by atoms with Gasteiger partial charge in [-0.05, 0) is 43.9 Å². The van der Waals surface area contributed by atoms with Gasteiger partial charge in [0, 0.05) is 24.2 Å². The number of aromatic nitrogens is 2. The Morgan fingerprint density at radius 3 is 2.78 bits per heavy atom. The van der Waals surface area contributed by atoms with Gasteiger partial charge in [0.05, 0.1) is 16.6 Å². The van der Waals surface area contributed by atoms with E-state index >= 15 is 0 Å². The van der Waals surface area contributed by atoms with Crippen LogP contribution in [0.5, 0.6) is 0 Å². The predicted octanol–water partition coefficient (Wildman–Crippen LogP) is 4.04. The van der Waals surface area contributed by atoms with E-state index in [9.17, 15) is 4.79 Å². The Hall–Kier alpha value is -2.95. The molecule has 1 amide bonds. The number of hydrogen-bond donors (Lipinski definition) is 0. The first-order chi connectivity index (χ1) is 13.1. The number of rotatable bonds is 1. The molecule has 1 aliphatic carbocycles. The van der Waals surface area contributed by atoms with Gasteiger partial charge in [-0.25, -0.2) is 4.98 Å². The first-order valence-corrected chi connectivity index (χ1v) is 9.39. The van der Waals surface area contributed by atoms with E-state index in [4.69, 9.17) is 4.52 Å². The van der Waals surface area contributed by atoms with E-state index in [1.165, 1.54) is 11.1 Å². The maximum atomic E-state index is 13.3. The van der Waals surface area contributed by atoms with Gasteiger partial charge in [0.1, 0.15) is 0 Å². The highest BCUT2D eigenvalue weighted by Gasteiger charge is 2.39. The minimum Gasteiger partial charge on any atom is -0.339 e. The lowest BCUT2D eigenvalue weighted by Crippen LogP contribution is -2.44. The third-order valence-electron chi connectivity index (χ3n) is 6.00. The van der Waals surface area contributed by atoms with E-state index in [1.54, 1.807) is 0 Å². The van der Waals surface area contributed by atoms with Gasteiger partial charge in [-0.15, -0.1) is 0 Å². The zero-order valence-electron chi connectivity index (χ0n) is 15.5. The molecule has 2 aromatic heterocycles.